The Morgan fingerprint density at radius 3 is 1.56 bits per heavy atom. The van der Waals surface area contributed by atoms with Crippen LogP contribution in [-0.2, 0) is 20.4 Å². The van der Waals surface area contributed by atoms with E-state index in [1.54, 1.807) is 7.11 Å². The van der Waals surface area contributed by atoms with E-state index in [0.29, 0.717) is 5.57 Å². The smallest absolute Gasteiger partial charge is 0.341 e. The number of ether oxygens (including phenoxy) is 2. The number of carbonyl (C=O) groups is 1. The summed E-state index contributed by atoms with van der Waals surface area (Å²) in [6.07, 6.45) is 2.22. The Hall–Kier alpha value is -3.68. The molecule has 34 heavy (non-hydrogen) atoms. The van der Waals surface area contributed by atoms with Gasteiger partial charge in [-0.25, -0.2) is 4.79 Å². The summed E-state index contributed by atoms with van der Waals surface area (Å²) in [7, 11) is 0.815. The highest BCUT2D eigenvalue weighted by molar-refractivity contribution is 7.95. The van der Waals surface area contributed by atoms with Crippen molar-refractivity contribution in [3.8, 4) is 0 Å². The van der Waals surface area contributed by atoms with E-state index in [1.165, 1.54) is 29.3 Å². The van der Waals surface area contributed by atoms with Gasteiger partial charge in [0.15, 0.2) is 0 Å². The standard InChI is InChI=1S/C30H28O3P/c1-32-22-29(30(31)33-2)28-21-13-12-14-24(28)23-34(25-15-6-3-7-16-25,26-17-8-4-9-18-26)27-19-10-5-11-20-27/h3-22H,23H2,1-2H3/q+1/b29-22+. The van der Waals surface area contributed by atoms with Gasteiger partial charge in [0.25, 0.3) is 0 Å². The van der Waals surface area contributed by atoms with Gasteiger partial charge in [-0.05, 0) is 47.5 Å². The maximum atomic E-state index is 12.7. The first-order valence-electron chi connectivity index (χ1n) is 11.1. The Balaban J connectivity index is 2.00. The van der Waals surface area contributed by atoms with Crippen LogP contribution in [0, 0.1) is 0 Å². The van der Waals surface area contributed by atoms with Gasteiger partial charge >= 0.3 is 5.97 Å². The number of carbonyl (C=O) groups excluding carboxylic acids is 1. The van der Waals surface area contributed by atoms with E-state index in [2.05, 4.69) is 97.1 Å². The fourth-order valence-corrected chi connectivity index (χ4v) is 8.67. The molecule has 4 aromatic carbocycles. The van der Waals surface area contributed by atoms with Crippen molar-refractivity contribution in [2.45, 2.75) is 6.16 Å². The molecular formula is C30H28O3P+. The Kier molecular flexibility index (Phi) is 7.57. The van der Waals surface area contributed by atoms with Crippen LogP contribution in [0.4, 0.5) is 0 Å². The fourth-order valence-electron chi connectivity index (χ4n) is 4.39. The van der Waals surface area contributed by atoms with Crippen LogP contribution in [0.25, 0.3) is 5.57 Å². The SMILES string of the molecule is CO/C=C(/C(=O)OC)c1ccccc1C[P+](c1ccccc1)(c1ccccc1)c1ccccc1. The zero-order chi connectivity index (χ0) is 23.8. The maximum absolute atomic E-state index is 12.7. The number of esters is 1. The van der Waals surface area contributed by atoms with Gasteiger partial charge in [0, 0.05) is 0 Å². The molecule has 0 bridgehead atoms. The molecular weight excluding hydrogens is 439 g/mol. The van der Waals surface area contributed by atoms with Gasteiger partial charge in [-0.1, -0.05) is 78.9 Å². The zero-order valence-electron chi connectivity index (χ0n) is 19.4. The van der Waals surface area contributed by atoms with Gasteiger partial charge in [0.1, 0.15) is 28.7 Å². The first-order valence-corrected chi connectivity index (χ1v) is 13.1. The molecule has 0 unspecified atom stereocenters. The highest BCUT2D eigenvalue weighted by atomic mass is 31.2. The van der Waals surface area contributed by atoms with Gasteiger partial charge in [-0.3, -0.25) is 0 Å². The van der Waals surface area contributed by atoms with E-state index in [1.807, 2.05) is 18.2 Å². The summed E-state index contributed by atoms with van der Waals surface area (Å²) in [4.78, 5) is 12.7. The highest BCUT2D eigenvalue weighted by Crippen LogP contribution is 2.58. The van der Waals surface area contributed by atoms with Gasteiger partial charge in [-0.2, -0.15) is 0 Å². The highest BCUT2D eigenvalue weighted by Gasteiger charge is 2.46. The predicted octanol–water partition coefficient (Wildman–Crippen LogP) is 5.34. The van der Waals surface area contributed by atoms with E-state index in [4.69, 9.17) is 9.47 Å². The predicted molar refractivity (Wildman–Crippen MR) is 142 cm³/mol. The van der Waals surface area contributed by atoms with Gasteiger partial charge in [-0.15, -0.1) is 0 Å². The minimum Gasteiger partial charge on any atom is -0.503 e. The van der Waals surface area contributed by atoms with Crippen LogP contribution in [0.1, 0.15) is 11.1 Å². The molecule has 170 valence electrons. The van der Waals surface area contributed by atoms with Crippen molar-refractivity contribution in [2.75, 3.05) is 14.2 Å². The van der Waals surface area contributed by atoms with E-state index in [9.17, 15) is 4.79 Å². The third-order valence-electron chi connectivity index (χ3n) is 5.95. The van der Waals surface area contributed by atoms with Crippen LogP contribution in [0.2, 0.25) is 0 Å². The van der Waals surface area contributed by atoms with Crippen molar-refractivity contribution in [3.05, 3.63) is 133 Å². The van der Waals surface area contributed by atoms with Gasteiger partial charge < -0.3 is 9.47 Å². The molecule has 0 heterocycles. The largest absolute Gasteiger partial charge is 0.503 e. The molecule has 0 saturated heterocycles. The van der Waals surface area contributed by atoms with E-state index >= 15 is 0 Å². The fraction of sp³-hybridized carbons (Fsp3) is 0.100. The summed E-state index contributed by atoms with van der Waals surface area (Å²) in [6, 6.07) is 40.2. The quantitative estimate of drug-likeness (QED) is 0.152. The number of hydrogen-bond donors (Lipinski definition) is 0. The van der Waals surface area contributed by atoms with Gasteiger partial charge in [0.05, 0.1) is 26.6 Å². The second kappa shape index (κ2) is 11.0. The Morgan fingerprint density at radius 2 is 1.12 bits per heavy atom. The van der Waals surface area contributed by atoms with Crippen LogP contribution in [-0.4, -0.2) is 20.2 Å². The third kappa shape index (κ3) is 4.66. The van der Waals surface area contributed by atoms with E-state index < -0.39 is 13.2 Å². The van der Waals surface area contributed by atoms with Crippen LogP contribution in [0.15, 0.2) is 122 Å². The summed E-state index contributed by atoms with van der Waals surface area (Å²) in [5.74, 6) is -0.419. The summed E-state index contributed by atoms with van der Waals surface area (Å²) in [5, 5.41) is 3.87. The molecule has 4 rings (SSSR count). The normalized spacial score (nSPS) is 11.6. The molecule has 4 aromatic rings. The lowest BCUT2D eigenvalue weighted by Crippen LogP contribution is -2.32. The minimum atomic E-state index is -2.12. The van der Waals surface area contributed by atoms with Crippen molar-refractivity contribution in [2.24, 2.45) is 0 Å². The van der Waals surface area contributed by atoms with Crippen LogP contribution in [0.3, 0.4) is 0 Å². The molecule has 0 N–H and O–H groups in total. The molecule has 0 fully saturated rings. The third-order valence-corrected chi connectivity index (χ3v) is 10.3. The summed E-state index contributed by atoms with van der Waals surface area (Å²) in [6.45, 7) is 0. The van der Waals surface area contributed by atoms with Crippen molar-refractivity contribution in [1.29, 1.82) is 0 Å². The van der Waals surface area contributed by atoms with Crippen LogP contribution >= 0.6 is 7.26 Å². The van der Waals surface area contributed by atoms with Crippen LogP contribution in [0.5, 0.6) is 0 Å². The first-order chi connectivity index (χ1) is 16.7. The molecule has 0 radical (unpaired) electrons. The molecule has 4 heteroatoms. The molecule has 0 saturated carbocycles. The van der Waals surface area contributed by atoms with Gasteiger partial charge in [0.2, 0.25) is 0 Å². The van der Waals surface area contributed by atoms with E-state index in [0.717, 1.165) is 17.3 Å². The number of benzene rings is 4. The maximum Gasteiger partial charge on any atom is 0.341 e. The lowest BCUT2D eigenvalue weighted by Gasteiger charge is -2.28. The molecule has 0 atom stereocenters. The molecule has 0 aliphatic rings. The lowest BCUT2D eigenvalue weighted by molar-refractivity contribution is -0.133. The van der Waals surface area contributed by atoms with Crippen molar-refractivity contribution in [3.63, 3.8) is 0 Å². The molecule has 0 spiro atoms. The molecule has 3 nitrogen and oxygen atoms in total. The topological polar surface area (TPSA) is 35.5 Å². The summed E-state index contributed by atoms with van der Waals surface area (Å²) >= 11 is 0. The average molecular weight is 468 g/mol. The number of hydrogen-bond acceptors (Lipinski definition) is 3. The summed E-state index contributed by atoms with van der Waals surface area (Å²) < 4.78 is 10.3. The molecule has 0 aliphatic carbocycles. The minimum absolute atomic E-state index is 0.410. The Morgan fingerprint density at radius 1 is 0.676 bits per heavy atom. The Labute approximate surface area is 202 Å². The number of methoxy groups -OCH3 is 2. The number of rotatable bonds is 8. The van der Waals surface area contributed by atoms with Crippen molar-refractivity contribution < 1.29 is 14.3 Å². The molecule has 0 aromatic heterocycles. The van der Waals surface area contributed by atoms with E-state index in [-0.39, 0.29) is 0 Å². The summed E-state index contributed by atoms with van der Waals surface area (Å²) in [5.41, 5.74) is 2.30. The first kappa shape index (κ1) is 23.5. The van der Waals surface area contributed by atoms with Crippen molar-refractivity contribution in [1.82, 2.24) is 0 Å². The molecule has 0 aliphatic heterocycles. The zero-order valence-corrected chi connectivity index (χ0v) is 20.3. The lowest BCUT2D eigenvalue weighted by atomic mass is 10.0. The second-order valence-corrected chi connectivity index (χ2v) is 11.4. The van der Waals surface area contributed by atoms with Crippen molar-refractivity contribution >= 4 is 34.7 Å². The second-order valence-electron chi connectivity index (χ2n) is 7.89. The average Bonchev–Trinajstić information content (AvgIpc) is 2.92. The Bertz CT molecular complexity index is 1160. The van der Waals surface area contributed by atoms with Crippen LogP contribution < -0.4 is 15.9 Å². The molecule has 0 amide bonds. The monoisotopic (exact) mass is 467 g/mol.